The maximum atomic E-state index is 4.67. The summed E-state index contributed by atoms with van der Waals surface area (Å²) >= 11 is 0. The molecule has 0 unspecified atom stereocenters. The minimum Gasteiger partial charge on any atom is -0.253 e. The molecule has 0 aliphatic heterocycles. The van der Waals surface area contributed by atoms with Crippen molar-refractivity contribution in [1.29, 1.82) is 0 Å². The lowest BCUT2D eigenvalue weighted by Crippen LogP contribution is -1.92. The van der Waals surface area contributed by atoms with E-state index in [-0.39, 0.29) is 0 Å². The van der Waals surface area contributed by atoms with E-state index in [2.05, 4.69) is 55.2 Å². The topological polar surface area (TPSA) is 12.4 Å². The van der Waals surface area contributed by atoms with Crippen LogP contribution >= 0.6 is 0 Å². The number of rotatable bonds is 5. The van der Waals surface area contributed by atoms with Gasteiger partial charge in [0.05, 0.1) is 5.69 Å². The first-order valence-electron chi connectivity index (χ1n) is 6.99. The molecular formula is C18H21N. The zero-order valence-electron chi connectivity index (χ0n) is 11.8. The highest BCUT2D eigenvalue weighted by molar-refractivity contribution is 6.00. The van der Waals surface area contributed by atoms with Gasteiger partial charge < -0.3 is 0 Å². The highest BCUT2D eigenvalue weighted by Gasteiger charge is 1.97. The van der Waals surface area contributed by atoms with Crippen molar-refractivity contribution in [2.24, 2.45) is 4.99 Å². The molecule has 0 heterocycles. The van der Waals surface area contributed by atoms with E-state index in [1.54, 1.807) is 0 Å². The first-order valence-corrected chi connectivity index (χ1v) is 6.99. The molecule has 0 radical (unpaired) electrons. The van der Waals surface area contributed by atoms with Crippen LogP contribution in [0.1, 0.15) is 37.8 Å². The number of benzene rings is 2. The fraction of sp³-hybridized carbons (Fsp3) is 0.278. The molecule has 0 saturated heterocycles. The lowest BCUT2D eigenvalue weighted by atomic mass is 10.1. The van der Waals surface area contributed by atoms with Gasteiger partial charge in [-0.15, -0.1) is 0 Å². The Morgan fingerprint density at radius 1 is 0.947 bits per heavy atom. The fourth-order valence-electron chi connectivity index (χ4n) is 2.06. The molecule has 0 bridgehead atoms. The van der Waals surface area contributed by atoms with Crippen molar-refractivity contribution in [1.82, 2.24) is 0 Å². The van der Waals surface area contributed by atoms with Gasteiger partial charge in [0.25, 0.3) is 0 Å². The van der Waals surface area contributed by atoms with E-state index in [1.165, 1.54) is 24.0 Å². The summed E-state index contributed by atoms with van der Waals surface area (Å²) in [6.45, 7) is 4.28. The van der Waals surface area contributed by atoms with Crippen LogP contribution in [0.5, 0.6) is 0 Å². The van der Waals surface area contributed by atoms with Crippen molar-refractivity contribution < 1.29 is 0 Å². The van der Waals surface area contributed by atoms with Crippen molar-refractivity contribution in [2.45, 2.75) is 33.1 Å². The quantitative estimate of drug-likeness (QED) is 0.650. The van der Waals surface area contributed by atoms with Crippen LogP contribution in [0.15, 0.2) is 59.6 Å². The smallest absolute Gasteiger partial charge is 0.0633 e. The summed E-state index contributed by atoms with van der Waals surface area (Å²) in [5.41, 5.74) is 4.67. The highest BCUT2D eigenvalue weighted by atomic mass is 14.7. The second-order valence-corrected chi connectivity index (χ2v) is 4.83. The van der Waals surface area contributed by atoms with Gasteiger partial charge in [-0.25, -0.2) is 0 Å². The summed E-state index contributed by atoms with van der Waals surface area (Å²) in [5.74, 6) is 0. The Morgan fingerprint density at radius 3 is 2.26 bits per heavy atom. The number of unbranched alkanes of at least 4 members (excludes halogenated alkanes) is 1. The van der Waals surface area contributed by atoms with Gasteiger partial charge in [0, 0.05) is 5.71 Å². The zero-order chi connectivity index (χ0) is 13.5. The predicted octanol–water partition coefficient (Wildman–Crippen LogP) is 5.17. The van der Waals surface area contributed by atoms with E-state index in [9.17, 15) is 0 Å². The molecule has 0 aliphatic carbocycles. The third-order valence-electron chi connectivity index (χ3n) is 3.24. The largest absolute Gasteiger partial charge is 0.253 e. The van der Waals surface area contributed by atoms with Crippen LogP contribution in [0.25, 0.3) is 0 Å². The monoisotopic (exact) mass is 251 g/mol. The van der Waals surface area contributed by atoms with Crippen LogP contribution in [0.2, 0.25) is 0 Å². The van der Waals surface area contributed by atoms with E-state index in [1.807, 2.05) is 18.2 Å². The molecule has 0 N–H and O–H groups in total. The van der Waals surface area contributed by atoms with Gasteiger partial charge in [0.1, 0.15) is 0 Å². The Labute approximate surface area is 116 Å². The van der Waals surface area contributed by atoms with Crippen molar-refractivity contribution in [3.05, 3.63) is 65.7 Å². The molecule has 2 rings (SSSR count). The minimum absolute atomic E-state index is 1.03. The molecular weight excluding hydrogens is 230 g/mol. The molecule has 0 saturated carbocycles. The Morgan fingerprint density at radius 2 is 1.63 bits per heavy atom. The van der Waals surface area contributed by atoms with Crippen LogP contribution in [-0.4, -0.2) is 5.71 Å². The Kier molecular flexibility index (Phi) is 4.91. The summed E-state index contributed by atoms with van der Waals surface area (Å²) in [6, 6.07) is 18.9. The fourth-order valence-corrected chi connectivity index (χ4v) is 2.06. The van der Waals surface area contributed by atoms with Crippen LogP contribution < -0.4 is 0 Å². The summed E-state index contributed by atoms with van der Waals surface area (Å²) in [5, 5.41) is 0. The molecule has 1 nitrogen and oxygen atoms in total. The summed E-state index contributed by atoms with van der Waals surface area (Å²) in [4.78, 5) is 4.67. The molecule has 1 heteroatoms. The molecule has 2 aromatic carbocycles. The number of hydrogen-bond donors (Lipinski definition) is 0. The van der Waals surface area contributed by atoms with Crippen LogP contribution in [0.4, 0.5) is 5.69 Å². The summed E-state index contributed by atoms with van der Waals surface area (Å²) in [6.07, 6.45) is 3.66. The molecule has 0 spiro atoms. The first kappa shape index (κ1) is 13.5. The standard InChI is InChI=1S/C18H21N/c1-3-4-8-16-11-13-18(14-12-16)19-15(2)17-9-6-5-7-10-17/h5-7,9-14H,3-4,8H2,1-2H3. The Hall–Kier alpha value is -1.89. The molecule has 98 valence electrons. The average molecular weight is 251 g/mol. The van der Waals surface area contributed by atoms with Crippen molar-refractivity contribution >= 4 is 11.4 Å². The van der Waals surface area contributed by atoms with Crippen molar-refractivity contribution in [2.75, 3.05) is 0 Å². The summed E-state index contributed by atoms with van der Waals surface area (Å²) < 4.78 is 0. The SMILES string of the molecule is CCCCc1ccc(N=C(C)c2ccccc2)cc1. The Balaban J connectivity index is 2.10. The summed E-state index contributed by atoms with van der Waals surface area (Å²) in [7, 11) is 0. The normalized spacial score (nSPS) is 11.6. The lowest BCUT2D eigenvalue weighted by Gasteiger charge is -2.03. The third-order valence-corrected chi connectivity index (χ3v) is 3.24. The van der Waals surface area contributed by atoms with Gasteiger partial charge in [-0.2, -0.15) is 0 Å². The van der Waals surface area contributed by atoms with E-state index in [4.69, 9.17) is 0 Å². The maximum Gasteiger partial charge on any atom is 0.0633 e. The van der Waals surface area contributed by atoms with Crippen LogP contribution in [-0.2, 0) is 6.42 Å². The highest BCUT2D eigenvalue weighted by Crippen LogP contribution is 2.16. The molecule has 0 atom stereocenters. The number of nitrogens with zero attached hydrogens (tertiary/aromatic N) is 1. The third kappa shape index (κ3) is 4.06. The molecule has 0 fully saturated rings. The maximum absolute atomic E-state index is 4.67. The van der Waals surface area contributed by atoms with Gasteiger partial charge >= 0.3 is 0 Å². The van der Waals surface area contributed by atoms with Crippen LogP contribution in [0.3, 0.4) is 0 Å². The van der Waals surface area contributed by atoms with E-state index in [0.29, 0.717) is 0 Å². The average Bonchev–Trinajstić information content (AvgIpc) is 2.47. The van der Waals surface area contributed by atoms with Crippen molar-refractivity contribution in [3.8, 4) is 0 Å². The molecule has 0 aromatic heterocycles. The van der Waals surface area contributed by atoms with Gasteiger partial charge in [-0.3, -0.25) is 4.99 Å². The second-order valence-electron chi connectivity index (χ2n) is 4.83. The number of aryl methyl sites for hydroxylation is 1. The Bertz CT molecular complexity index is 523. The first-order chi connectivity index (χ1) is 9.29. The minimum atomic E-state index is 1.03. The van der Waals surface area contributed by atoms with Crippen molar-refractivity contribution in [3.63, 3.8) is 0 Å². The van der Waals surface area contributed by atoms with Gasteiger partial charge in [-0.05, 0) is 43.0 Å². The molecule has 2 aromatic rings. The van der Waals surface area contributed by atoms with E-state index in [0.717, 1.165) is 17.8 Å². The molecule has 0 aliphatic rings. The van der Waals surface area contributed by atoms with E-state index >= 15 is 0 Å². The van der Waals surface area contributed by atoms with Gasteiger partial charge in [-0.1, -0.05) is 55.8 Å². The molecule has 0 amide bonds. The lowest BCUT2D eigenvalue weighted by molar-refractivity contribution is 0.795. The van der Waals surface area contributed by atoms with E-state index < -0.39 is 0 Å². The van der Waals surface area contributed by atoms with Gasteiger partial charge in [0.15, 0.2) is 0 Å². The zero-order valence-corrected chi connectivity index (χ0v) is 11.8. The second kappa shape index (κ2) is 6.89. The predicted molar refractivity (Wildman–Crippen MR) is 83.4 cm³/mol. The van der Waals surface area contributed by atoms with Gasteiger partial charge in [0.2, 0.25) is 0 Å². The number of aliphatic imine (C=N–C) groups is 1. The molecule has 19 heavy (non-hydrogen) atoms. The van der Waals surface area contributed by atoms with Crippen LogP contribution in [0, 0.1) is 0 Å². The number of hydrogen-bond acceptors (Lipinski definition) is 1.